The van der Waals surface area contributed by atoms with E-state index in [4.69, 9.17) is 0 Å². The third-order valence-electron chi connectivity index (χ3n) is 7.00. The number of sulfonamides is 2. The van der Waals surface area contributed by atoms with E-state index in [1.807, 2.05) is 74.5 Å². The van der Waals surface area contributed by atoms with E-state index in [2.05, 4.69) is 6.58 Å². The maximum Gasteiger partial charge on any atom is 0.264 e. The topological polar surface area (TPSA) is 74.8 Å². The molecule has 0 unspecified atom stereocenters. The first-order valence-corrected chi connectivity index (χ1v) is 15.5. The Hall–Kier alpha value is -3.72. The number of benzene rings is 4. The molecule has 1 heterocycles. The van der Waals surface area contributed by atoms with Crippen LogP contribution in [0.5, 0.6) is 0 Å². The van der Waals surface area contributed by atoms with Gasteiger partial charge in [0.2, 0.25) is 10.0 Å². The summed E-state index contributed by atoms with van der Waals surface area (Å²) in [5, 5.41) is 0. The molecule has 6 nitrogen and oxygen atoms in total. The molecule has 8 heteroatoms. The van der Waals surface area contributed by atoms with Crippen molar-refractivity contribution < 1.29 is 16.8 Å². The number of rotatable bonds is 6. The predicted molar refractivity (Wildman–Crippen MR) is 153 cm³/mol. The maximum absolute atomic E-state index is 14.2. The Morgan fingerprint density at radius 2 is 1.00 bits per heavy atom. The molecule has 1 aliphatic rings. The fraction of sp³-hybridized carbons (Fsp3) is 0.161. The van der Waals surface area contributed by atoms with E-state index in [1.165, 1.54) is 8.61 Å². The lowest BCUT2D eigenvalue weighted by Gasteiger charge is -2.48. The molecule has 0 aliphatic carbocycles. The highest BCUT2D eigenvalue weighted by Crippen LogP contribution is 2.48. The summed E-state index contributed by atoms with van der Waals surface area (Å²) in [7, 11) is -8.13. The van der Waals surface area contributed by atoms with Crippen molar-refractivity contribution in [1.29, 1.82) is 0 Å². The molecule has 4 aromatic rings. The lowest BCUT2D eigenvalue weighted by Crippen LogP contribution is -2.52. The second kappa shape index (κ2) is 10.4. The standard InChI is InChI=1S/C31H30N2O4S2/c1-23-14-18-28(19-15-23)38(34,35)32-22-25(3)33(39(36,37)29-20-16-24(2)17-21-29)31(27-12-8-5-9-13-27)30(32)26-10-6-4-7-11-26/h4-21,30-31H,3,22H2,1-2H3/t30-,31-/m1/s1. The van der Waals surface area contributed by atoms with E-state index in [9.17, 15) is 16.8 Å². The summed E-state index contributed by atoms with van der Waals surface area (Å²) < 4.78 is 59.5. The number of nitrogens with zero attached hydrogens (tertiary/aromatic N) is 2. The third-order valence-corrected chi connectivity index (χ3v) is 10.7. The number of piperazine rings is 1. The minimum Gasteiger partial charge on any atom is -0.260 e. The van der Waals surface area contributed by atoms with E-state index in [0.717, 1.165) is 11.1 Å². The summed E-state index contributed by atoms with van der Waals surface area (Å²) in [5.41, 5.74) is 3.38. The minimum atomic E-state index is -4.09. The van der Waals surface area contributed by atoms with Crippen molar-refractivity contribution in [3.05, 3.63) is 144 Å². The molecule has 0 saturated carbocycles. The molecule has 0 amide bonds. The molecule has 4 aromatic carbocycles. The van der Waals surface area contributed by atoms with Gasteiger partial charge in [0.15, 0.2) is 0 Å². The van der Waals surface area contributed by atoms with Crippen molar-refractivity contribution in [3.8, 4) is 0 Å². The highest BCUT2D eigenvalue weighted by atomic mass is 32.2. The van der Waals surface area contributed by atoms with E-state index in [-0.39, 0.29) is 22.0 Å². The first-order valence-electron chi connectivity index (χ1n) is 12.6. The zero-order valence-corrected chi connectivity index (χ0v) is 23.4. The molecule has 0 bridgehead atoms. The molecular formula is C31H30N2O4S2. The molecule has 0 N–H and O–H groups in total. The normalized spacial score (nSPS) is 18.7. The van der Waals surface area contributed by atoms with Gasteiger partial charge in [-0.2, -0.15) is 4.31 Å². The summed E-state index contributed by atoms with van der Waals surface area (Å²) in [4.78, 5) is 0.264. The van der Waals surface area contributed by atoms with Crippen molar-refractivity contribution in [2.75, 3.05) is 6.54 Å². The van der Waals surface area contributed by atoms with Crippen LogP contribution in [0, 0.1) is 13.8 Å². The Morgan fingerprint density at radius 1 is 0.590 bits per heavy atom. The van der Waals surface area contributed by atoms with Crippen LogP contribution >= 0.6 is 0 Å². The van der Waals surface area contributed by atoms with Crippen LogP contribution in [0.4, 0.5) is 0 Å². The second-order valence-electron chi connectivity index (χ2n) is 9.75. The highest BCUT2D eigenvalue weighted by molar-refractivity contribution is 7.89. The number of hydrogen-bond donors (Lipinski definition) is 0. The molecule has 0 radical (unpaired) electrons. The smallest absolute Gasteiger partial charge is 0.260 e. The van der Waals surface area contributed by atoms with Crippen LogP contribution in [0.15, 0.2) is 131 Å². The van der Waals surface area contributed by atoms with Crippen molar-refractivity contribution in [3.63, 3.8) is 0 Å². The average molecular weight is 559 g/mol. The van der Waals surface area contributed by atoms with Crippen LogP contribution in [-0.4, -0.2) is 32.0 Å². The zero-order valence-electron chi connectivity index (χ0n) is 21.8. The minimum absolute atomic E-state index is 0.122. The summed E-state index contributed by atoms with van der Waals surface area (Å²) >= 11 is 0. The molecule has 1 saturated heterocycles. The van der Waals surface area contributed by atoms with Crippen molar-refractivity contribution in [2.45, 2.75) is 35.7 Å². The largest absolute Gasteiger partial charge is 0.264 e. The Labute approximate surface area is 231 Å². The lowest BCUT2D eigenvalue weighted by molar-refractivity contribution is 0.169. The van der Waals surface area contributed by atoms with Gasteiger partial charge >= 0.3 is 0 Å². The first-order chi connectivity index (χ1) is 18.6. The average Bonchev–Trinajstić information content (AvgIpc) is 2.93. The Balaban J connectivity index is 1.75. The lowest BCUT2D eigenvalue weighted by atomic mass is 9.91. The van der Waals surface area contributed by atoms with Gasteiger partial charge in [-0.25, -0.2) is 16.8 Å². The summed E-state index contributed by atoms with van der Waals surface area (Å²) in [5.74, 6) is 0. The van der Waals surface area contributed by atoms with Gasteiger partial charge in [0.1, 0.15) is 0 Å². The molecule has 0 spiro atoms. The molecule has 1 aliphatic heterocycles. The van der Waals surface area contributed by atoms with Gasteiger partial charge in [-0.1, -0.05) is 103 Å². The fourth-order valence-corrected chi connectivity index (χ4v) is 8.27. The SMILES string of the molecule is C=C1CN(S(=O)(=O)c2ccc(C)cc2)[C@H](c2ccccc2)[C@@H](c2ccccc2)N1S(=O)(=O)c1ccc(C)cc1. The van der Waals surface area contributed by atoms with Crippen LogP contribution in [-0.2, 0) is 20.0 Å². The molecule has 1 fully saturated rings. The van der Waals surface area contributed by atoms with Crippen molar-refractivity contribution in [1.82, 2.24) is 8.61 Å². The molecular weight excluding hydrogens is 528 g/mol. The van der Waals surface area contributed by atoms with Crippen LogP contribution in [0.3, 0.4) is 0 Å². The van der Waals surface area contributed by atoms with Gasteiger partial charge in [0, 0.05) is 5.70 Å². The molecule has 200 valence electrons. The van der Waals surface area contributed by atoms with Crippen molar-refractivity contribution in [2.24, 2.45) is 0 Å². The zero-order chi connectivity index (χ0) is 27.8. The molecule has 39 heavy (non-hydrogen) atoms. The van der Waals surface area contributed by atoms with Crippen LogP contribution in [0.1, 0.15) is 34.3 Å². The first kappa shape index (κ1) is 26.9. The summed E-state index contributed by atoms with van der Waals surface area (Å²) in [6.07, 6.45) is 0. The van der Waals surface area contributed by atoms with E-state index < -0.39 is 32.1 Å². The van der Waals surface area contributed by atoms with E-state index in [0.29, 0.717) is 11.1 Å². The van der Waals surface area contributed by atoms with E-state index >= 15 is 0 Å². The molecule has 0 aromatic heterocycles. The maximum atomic E-state index is 14.2. The number of aryl methyl sites for hydroxylation is 2. The Bertz CT molecular complexity index is 1690. The van der Waals surface area contributed by atoms with Gasteiger partial charge in [-0.3, -0.25) is 4.31 Å². The quantitative estimate of drug-likeness (QED) is 0.291. The molecule has 5 rings (SSSR count). The van der Waals surface area contributed by atoms with Crippen LogP contribution in [0.25, 0.3) is 0 Å². The Morgan fingerprint density at radius 3 is 1.46 bits per heavy atom. The Kier molecular flexibility index (Phi) is 7.20. The van der Waals surface area contributed by atoms with Gasteiger partial charge in [-0.05, 0) is 49.2 Å². The number of hydrogen-bond acceptors (Lipinski definition) is 4. The monoisotopic (exact) mass is 558 g/mol. The van der Waals surface area contributed by atoms with Crippen LogP contribution in [0.2, 0.25) is 0 Å². The van der Waals surface area contributed by atoms with Crippen LogP contribution < -0.4 is 0 Å². The predicted octanol–water partition coefficient (Wildman–Crippen LogP) is 5.99. The van der Waals surface area contributed by atoms with E-state index in [1.54, 1.807) is 48.5 Å². The van der Waals surface area contributed by atoms with Gasteiger partial charge < -0.3 is 0 Å². The second-order valence-corrected chi connectivity index (χ2v) is 13.5. The highest BCUT2D eigenvalue weighted by Gasteiger charge is 2.49. The fourth-order valence-electron chi connectivity index (χ4n) is 5.02. The molecule has 2 atom stereocenters. The van der Waals surface area contributed by atoms with Gasteiger partial charge in [-0.15, -0.1) is 0 Å². The summed E-state index contributed by atoms with van der Waals surface area (Å²) in [6, 6.07) is 29.9. The summed E-state index contributed by atoms with van der Waals surface area (Å²) in [6.45, 7) is 7.72. The van der Waals surface area contributed by atoms with Crippen molar-refractivity contribution >= 4 is 20.0 Å². The van der Waals surface area contributed by atoms with Gasteiger partial charge in [0.25, 0.3) is 10.0 Å². The third kappa shape index (κ3) is 5.03. The van der Waals surface area contributed by atoms with Gasteiger partial charge in [0.05, 0.1) is 28.4 Å².